The third kappa shape index (κ3) is 1.57. The third-order valence-corrected chi connectivity index (χ3v) is 3.34. The minimum absolute atomic E-state index is 0.371. The SMILES string of the molecule is O=c1oc2ccccc2c2oc(-c3ccccc3)cc12. The first-order valence-corrected chi connectivity index (χ1v) is 6.34. The molecule has 20 heavy (non-hydrogen) atoms. The number of hydrogen-bond acceptors (Lipinski definition) is 3. The van der Waals surface area contributed by atoms with E-state index in [1.54, 1.807) is 12.1 Å². The van der Waals surface area contributed by atoms with Crippen LogP contribution in [0.25, 0.3) is 33.3 Å². The van der Waals surface area contributed by atoms with Gasteiger partial charge in [0.05, 0.1) is 5.39 Å². The van der Waals surface area contributed by atoms with E-state index < -0.39 is 0 Å². The molecule has 0 saturated heterocycles. The van der Waals surface area contributed by atoms with Gasteiger partial charge in [-0.1, -0.05) is 42.5 Å². The molecule has 0 N–H and O–H groups in total. The van der Waals surface area contributed by atoms with Crippen LogP contribution in [-0.2, 0) is 0 Å². The minimum Gasteiger partial charge on any atom is -0.455 e. The predicted octanol–water partition coefficient (Wildman–Crippen LogP) is 4.21. The molecule has 4 aromatic rings. The van der Waals surface area contributed by atoms with Gasteiger partial charge in [-0.05, 0) is 18.2 Å². The van der Waals surface area contributed by atoms with Gasteiger partial charge in [-0.25, -0.2) is 4.79 Å². The van der Waals surface area contributed by atoms with Crippen molar-refractivity contribution in [2.24, 2.45) is 0 Å². The molecule has 2 heterocycles. The molecular formula is C17H10O3. The molecule has 0 atom stereocenters. The molecule has 0 spiro atoms. The van der Waals surface area contributed by atoms with E-state index in [9.17, 15) is 4.79 Å². The Kier molecular flexibility index (Phi) is 2.27. The zero-order chi connectivity index (χ0) is 13.5. The van der Waals surface area contributed by atoms with E-state index in [-0.39, 0.29) is 5.63 Å². The number of para-hydroxylation sites is 1. The van der Waals surface area contributed by atoms with Crippen molar-refractivity contribution in [1.82, 2.24) is 0 Å². The second kappa shape index (κ2) is 4.10. The number of rotatable bonds is 1. The first-order valence-electron chi connectivity index (χ1n) is 6.34. The summed E-state index contributed by atoms with van der Waals surface area (Å²) < 4.78 is 11.2. The molecule has 0 unspecified atom stereocenters. The van der Waals surface area contributed by atoms with E-state index in [1.165, 1.54) is 0 Å². The molecule has 0 fully saturated rings. The Hall–Kier alpha value is -2.81. The van der Waals surface area contributed by atoms with E-state index in [1.807, 2.05) is 48.5 Å². The molecule has 0 aliphatic rings. The average molecular weight is 262 g/mol. The van der Waals surface area contributed by atoms with Crippen molar-refractivity contribution in [2.45, 2.75) is 0 Å². The smallest absolute Gasteiger partial charge is 0.347 e. The summed E-state index contributed by atoms with van der Waals surface area (Å²) in [5.74, 6) is 0.671. The lowest BCUT2D eigenvalue weighted by Gasteiger charge is -1.96. The Balaban J connectivity index is 2.11. The maximum Gasteiger partial charge on any atom is 0.347 e. The lowest BCUT2D eigenvalue weighted by molar-refractivity contribution is 0.565. The Morgan fingerprint density at radius 2 is 1.50 bits per heavy atom. The molecule has 3 nitrogen and oxygen atoms in total. The minimum atomic E-state index is -0.371. The van der Waals surface area contributed by atoms with Gasteiger partial charge in [0, 0.05) is 5.56 Å². The molecule has 0 aliphatic heterocycles. The van der Waals surface area contributed by atoms with Crippen molar-refractivity contribution in [3.8, 4) is 11.3 Å². The number of benzene rings is 2. The monoisotopic (exact) mass is 262 g/mol. The zero-order valence-corrected chi connectivity index (χ0v) is 10.5. The predicted molar refractivity (Wildman–Crippen MR) is 77.7 cm³/mol. The Morgan fingerprint density at radius 1 is 0.750 bits per heavy atom. The highest BCUT2D eigenvalue weighted by Gasteiger charge is 2.13. The van der Waals surface area contributed by atoms with Crippen molar-refractivity contribution in [2.75, 3.05) is 0 Å². The second-order valence-electron chi connectivity index (χ2n) is 4.61. The summed E-state index contributed by atoms with van der Waals surface area (Å²) in [7, 11) is 0. The molecule has 0 bridgehead atoms. The van der Waals surface area contributed by atoms with Gasteiger partial charge in [0.25, 0.3) is 0 Å². The van der Waals surface area contributed by atoms with Gasteiger partial charge in [0.15, 0.2) is 5.58 Å². The summed E-state index contributed by atoms with van der Waals surface area (Å²) in [5, 5.41) is 1.28. The first-order chi connectivity index (χ1) is 9.83. The van der Waals surface area contributed by atoms with Crippen LogP contribution < -0.4 is 5.63 Å². The first kappa shape index (κ1) is 11.1. The van der Waals surface area contributed by atoms with Crippen molar-refractivity contribution in [3.63, 3.8) is 0 Å². The highest BCUT2D eigenvalue weighted by Crippen LogP contribution is 2.30. The van der Waals surface area contributed by atoms with Crippen molar-refractivity contribution in [3.05, 3.63) is 71.1 Å². The van der Waals surface area contributed by atoms with Crippen LogP contribution in [0.3, 0.4) is 0 Å². The standard InChI is InChI=1S/C17H10O3/c18-17-13-10-15(11-6-2-1-3-7-11)19-16(13)12-8-4-5-9-14(12)20-17/h1-10H. The summed E-state index contributed by atoms with van der Waals surface area (Å²) in [5.41, 5.74) is 1.69. The van der Waals surface area contributed by atoms with Crippen LogP contribution in [0.1, 0.15) is 0 Å². The van der Waals surface area contributed by atoms with Gasteiger partial charge in [-0.15, -0.1) is 0 Å². The fourth-order valence-corrected chi connectivity index (χ4v) is 2.39. The number of furan rings is 1. The molecule has 4 rings (SSSR count). The molecule has 0 amide bonds. The van der Waals surface area contributed by atoms with Crippen LogP contribution in [-0.4, -0.2) is 0 Å². The summed E-state index contributed by atoms with van der Waals surface area (Å²) in [4.78, 5) is 12.0. The van der Waals surface area contributed by atoms with E-state index in [2.05, 4.69) is 0 Å². The molecule has 0 aliphatic carbocycles. The normalized spacial score (nSPS) is 11.2. The Bertz CT molecular complexity index is 962. The van der Waals surface area contributed by atoms with Crippen LogP contribution in [0.15, 0.2) is 74.3 Å². The molecule has 3 heteroatoms. The highest BCUT2D eigenvalue weighted by molar-refractivity contribution is 6.01. The maximum absolute atomic E-state index is 12.0. The number of hydrogen-bond donors (Lipinski definition) is 0. The summed E-state index contributed by atoms with van der Waals surface area (Å²) in [6, 6.07) is 18.8. The van der Waals surface area contributed by atoms with Gasteiger partial charge < -0.3 is 8.83 Å². The molecule has 0 saturated carbocycles. The quantitative estimate of drug-likeness (QED) is 0.483. The Labute approximate surface area is 114 Å². The van der Waals surface area contributed by atoms with E-state index >= 15 is 0 Å². The van der Waals surface area contributed by atoms with E-state index in [0.717, 1.165) is 10.9 Å². The van der Waals surface area contributed by atoms with Crippen LogP contribution in [0.4, 0.5) is 0 Å². The van der Waals surface area contributed by atoms with Gasteiger partial charge in [0.2, 0.25) is 0 Å². The lowest BCUT2D eigenvalue weighted by Crippen LogP contribution is -1.97. The van der Waals surface area contributed by atoms with Crippen molar-refractivity contribution < 1.29 is 8.83 Å². The summed E-state index contributed by atoms with van der Waals surface area (Å²) >= 11 is 0. The van der Waals surface area contributed by atoms with Gasteiger partial charge >= 0.3 is 5.63 Å². The average Bonchev–Trinajstić information content (AvgIpc) is 2.94. The number of fused-ring (bicyclic) bond motifs is 3. The van der Waals surface area contributed by atoms with Gasteiger partial charge in [-0.2, -0.15) is 0 Å². The summed E-state index contributed by atoms with van der Waals surface area (Å²) in [6.07, 6.45) is 0. The van der Waals surface area contributed by atoms with Crippen LogP contribution in [0, 0.1) is 0 Å². The lowest BCUT2D eigenvalue weighted by atomic mass is 10.1. The second-order valence-corrected chi connectivity index (χ2v) is 4.61. The molecule has 2 aromatic heterocycles. The fraction of sp³-hybridized carbons (Fsp3) is 0. The van der Waals surface area contributed by atoms with E-state index in [0.29, 0.717) is 22.3 Å². The molecule has 96 valence electrons. The zero-order valence-electron chi connectivity index (χ0n) is 10.5. The van der Waals surface area contributed by atoms with Crippen molar-refractivity contribution >= 4 is 21.9 Å². The van der Waals surface area contributed by atoms with Gasteiger partial charge in [-0.3, -0.25) is 0 Å². The van der Waals surface area contributed by atoms with Crippen LogP contribution >= 0.6 is 0 Å². The largest absolute Gasteiger partial charge is 0.455 e. The van der Waals surface area contributed by atoms with Crippen LogP contribution in [0.2, 0.25) is 0 Å². The van der Waals surface area contributed by atoms with E-state index in [4.69, 9.17) is 8.83 Å². The van der Waals surface area contributed by atoms with Crippen molar-refractivity contribution in [1.29, 1.82) is 0 Å². The van der Waals surface area contributed by atoms with Gasteiger partial charge in [0.1, 0.15) is 16.7 Å². The summed E-state index contributed by atoms with van der Waals surface area (Å²) in [6.45, 7) is 0. The molecule has 0 radical (unpaired) electrons. The fourth-order valence-electron chi connectivity index (χ4n) is 2.39. The third-order valence-electron chi connectivity index (χ3n) is 3.34. The maximum atomic E-state index is 12.0. The molecular weight excluding hydrogens is 252 g/mol. The highest BCUT2D eigenvalue weighted by atomic mass is 16.4. The molecule has 2 aromatic carbocycles. The topological polar surface area (TPSA) is 43.4 Å². The van der Waals surface area contributed by atoms with Crippen LogP contribution in [0.5, 0.6) is 0 Å². The Morgan fingerprint density at radius 3 is 2.35 bits per heavy atom.